The minimum Gasteiger partial charge on any atom is -0.398 e. The number of rotatable bonds is 5. The molecule has 1 aromatic rings. The van der Waals surface area contributed by atoms with Gasteiger partial charge in [-0.1, -0.05) is 6.07 Å². The summed E-state index contributed by atoms with van der Waals surface area (Å²) in [5.41, 5.74) is 7.10. The summed E-state index contributed by atoms with van der Waals surface area (Å²) >= 11 is 0. The number of hydrogen-bond acceptors (Lipinski definition) is 5. The van der Waals surface area contributed by atoms with Crippen LogP contribution in [-0.4, -0.2) is 34.6 Å². The maximum Gasteiger partial charge on any atom is 0.233 e. The molecule has 0 fully saturated rings. The zero-order valence-corrected chi connectivity index (χ0v) is 11.8. The Labute approximate surface area is 107 Å². The lowest BCUT2D eigenvalue weighted by Crippen LogP contribution is -2.22. The van der Waals surface area contributed by atoms with Gasteiger partial charge in [0, 0.05) is 11.9 Å². The number of hydrogen-bond donors (Lipinski definition) is 2. The summed E-state index contributed by atoms with van der Waals surface area (Å²) in [5, 5.41) is 0. The van der Waals surface area contributed by atoms with Gasteiger partial charge in [0.1, 0.15) is 9.84 Å². The molecule has 0 radical (unpaired) electrons. The van der Waals surface area contributed by atoms with Crippen LogP contribution in [0.2, 0.25) is 0 Å². The Hall–Kier alpha value is -1.28. The molecule has 0 aromatic heterocycles. The van der Waals surface area contributed by atoms with Crippen LogP contribution < -0.4 is 10.5 Å². The molecule has 0 aliphatic heterocycles. The molecule has 6 nitrogen and oxygen atoms in total. The van der Waals surface area contributed by atoms with Crippen LogP contribution in [0.25, 0.3) is 0 Å². The zero-order chi connectivity index (χ0) is 14.0. The molecule has 3 N–H and O–H groups in total. The Bertz CT molecular complexity index is 636. The summed E-state index contributed by atoms with van der Waals surface area (Å²) in [4.78, 5) is 0. The summed E-state index contributed by atoms with van der Waals surface area (Å²) in [6.07, 6.45) is 0.994. The van der Waals surface area contributed by atoms with Gasteiger partial charge in [-0.25, -0.2) is 16.8 Å². The molecule has 1 aromatic carbocycles. The highest BCUT2D eigenvalue weighted by Crippen LogP contribution is 2.21. The first-order valence-corrected chi connectivity index (χ1v) is 8.85. The SMILES string of the molecule is Cc1c(N)cccc1NS(=O)(=O)CCS(C)(=O)=O. The minimum absolute atomic E-state index is 0.364. The molecule has 0 saturated heterocycles. The Kier molecular flexibility index (Phi) is 4.23. The quantitative estimate of drug-likeness (QED) is 0.762. The molecular formula is C10H16N2O4S2. The largest absolute Gasteiger partial charge is 0.398 e. The third-order valence-electron chi connectivity index (χ3n) is 2.36. The molecular weight excluding hydrogens is 276 g/mol. The second kappa shape index (κ2) is 5.15. The van der Waals surface area contributed by atoms with Crippen LogP contribution in [0, 0.1) is 6.92 Å². The molecule has 0 amide bonds. The van der Waals surface area contributed by atoms with Gasteiger partial charge in [-0.15, -0.1) is 0 Å². The number of nitrogen functional groups attached to an aromatic ring is 1. The summed E-state index contributed by atoms with van der Waals surface area (Å²) in [6.45, 7) is 1.68. The second-order valence-electron chi connectivity index (χ2n) is 4.07. The van der Waals surface area contributed by atoms with Gasteiger partial charge in [-0.2, -0.15) is 0 Å². The van der Waals surface area contributed by atoms with E-state index in [1.807, 2.05) is 0 Å². The molecule has 8 heteroatoms. The average Bonchev–Trinajstić information content (AvgIpc) is 2.21. The van der Waals surface area contributed by atoms with E-state index in [2.05, 4.69) is 4.72 Å². The van der Waals surface area contributed by atoms with Crippen molar-refractivity contribution in [1.82, 2.24) is 0 Å². The van der Waals surface area contributed by atoms with Gasteiger partial charge in [-0.05, 0) is 24.6 Å². The van der Waals surface area contributed by atoms with E-state index in [9.17, 15) is 16.8 Å². The molecule has 0 bridgehead atoms. The molecule has 0 aliphatic carbocycles. The van der Waals surface area contributed by atoms with Gasteiger partial charge in [0.25, 0.3) is 0 Å². The third-order valence-corrected chi connectivity index (χ3v) is 4.84. The Morgan fingerprint density at radius 2 is 1.78 bits per heavy atom. The predicted molar refractivity (Wildman–Crippen MR) is 72.7 cm³/mol. The number of sulfone groups is 1. The van der Waals surface area contributed by atoms with E-state index in [1.54, 1.807) is 25.1 Å². The Balaban J connectivity index is 2.87. The van der Waals surface area contributed by atoms with Crippen molar-refractivity contribution in [2.24, 2.45) is 0 Å². The normalized spacial score (nSPS) is 12.3. The van der Waals surface area contributed by atoms with Gasteiger partial charge in [-0.3, -0.25) is 4.72 Å². The lowest BCUT2D eigenvalue weighted by molar-refractivity contribution is 0.593. The molecule has 0 atom stereocenters. The summed E-state index contributed by atoms with van der Waals surface area (Å²) in [7, 11) is -7.00. The molecule has 102 valence electrons. The number of nitrogens with two attached hydrogens (primary N) is 1. The first-order valence-electron chi connectivity index (χ1n) is 5.14. The minimum atomic E-state index is -3.69. The molecule has 0 aliphatic rings. The molecule has 0 unspecified atom stereocenters. The van der Waals surface area contributed by atoms with E-state index in [1.165, 1.54) is 0 Å². The van der Waals surface area contributed by atoms with Gasteiger partial charge in [0.15, 0.2) is 0 Å². The van der Waals surface area contributed by atoms with Crippen LogP contribution in [-0.2, 0) is 19.9 Å². The highest BCUT2D eigenvalue weighted by atomic mass is 32.2. The van der Waals surface area contributed by atoms with Crippen LogP contribution in [0.1, 0.15) is 5.56 Å². The molecule has 0 heterocycles. The fourth-order valence-corrected chi connectivity index (χ4v) is 3.99. The van der Waals surface area contributed by atoms with Crippen molar-refractivity contribution in [2.75, 3.05) is 28.2 Å². The van der Waals surface area contributed by atoms with Crippen molar-refractivity contribution in [1.29, 1.82) is 0 Å². The van der Waals surface area contributed by atoms with E-state index in [4.69, 9.17) is 5.73 Å². The number of sulfonamides is 1. The van der Waals surface area contributed by atoms with Crippen LogP contribution in [0.4, 0.5) is 11.4 Å². The molecule has 0 spiro atoms. The van der Waals surface area contributed by atoms with E-state index >= 15 is 0 Å². The third kappa shape index (κ3) is 4.53. The first kappa shape index (κ1) is 14.8. The van der Waals surface area contributed by atoms with Crippen molar-refractivity contribution in [3.05, 3.63) is 23.8 Å². The second-order valence-corrected chi connectivity index (χ2v) is 8.17. The lowest BCUT2D eigenvalue weighted by atomic mass is 10.2. The van der Waals surface area contributed by atoms with E-state index in [0.717, 1.165) is 6.26 Å². The fraction of sp³-hybridized carbons (Fsp3) is 0.400. The van der Waals surface area contributed by atoms with Gasteiger partial charge < -0.3 is 5.73 Å². The smallest absolute Gasteiger partial charge is 0.233 e. The summed E-state index contributed by atoms with van der Waals surface area (Å²) in [5.74, 6) is -0.885. The maximum atomic E-state index is 11.7. The summed E-state index contributed by atoms with van der Waals surface area (Å²) in [6, 6.07) is 4.85. The van der Waals surface area contributed by atoms with E-state index in [0.29, 0.717) is 16.9 Å². The van der Waals surface area contributed by atoms with Crippen molar-refractivity contribution < 1.29 is 16.8 Å². The van der Waals surface area contributed by atoms with Crippen LogP contribution in [0.3, 0.4) is 0 Å². The molecule has 18 heavy (non-hydrogen) atoms. The monoisotopic (exact) mass is 292 g/mol. The molecule has 1 rings (SSSR count). The predicted octanol–water partition coefficient (Wildman–Crippen LogP) is 0.364. The molecule has 0 saturated carbocycles. The van der Waals surface area contributed by atoms with Crippen LogP contribution in [0.15, 0.2) is 18.2 Å². The van der Waals surface area contributed by atoms with Crippen LogP contribution >= 0.6 is 0 Å². The topological polar surface area (TPSA) is 106 Å². The van der Waals surface area contributed by atoms with Crippen molar-refractivity contribution in [3.63, 3.8) is 0 Å². The average molecular weight is 292 g/mol. The van der Waals surface area contributed by atoms with Crippen molar-refractivity contribution in [3.8, 4) is 0 Å². The zero-order valence-electron chi connectivity index (χ0n) is 10.2. The highest BCUT2D eigenvalue weighted by Gasteiger charge is 2.15. The first-order chi connectivity index (χ1) is 8.11. The van der Waals surface area contributed by atoms with E-state index < -0.39 is 31.4 Å². The van der Waals surface area contributed by atoms with Gasteiger partial charge >= 0.3 is 0 Å². The standard InChI is InChI=1S/C10H16N2O4S2/c1-8-9(11)4-3-5-10(8)12-18(15,16)7-6-17(2,13)14/h3-5,12H,6-7,11H2,1-2H3. The van der Waals surface area contributed by atoms with Crippen LogP contribution in [0.5, 0.6) is 0 Å². The van der Waals surface area contributed by atoms with Crippen molar-refractivity contribution >= 4 is 31.2 Å². The number of nitrogens with one attached hydrogen (secondary N) is 1. The van der Waals surface area contributed by atoms with E-state index in [-0.39, 0.29) is 0 Å². The number of anilines is 2. The van der Waals surface area contributed by atoms with Gasteiger partial charge in [0.05, 0.1) is 17.2 Å². The Morgan fingerprint density at radius 3 is 2.33 bits per heavy atom. The summed E-state index contributed by atoms with van der Waals surface area (Å²) < 4.78 is 47.6. The van der Waals surface area contributed by atoms with Crippen molar-refractivity contribution in [2.45, 2.75) is 6.92 Å². The fourth-order valence-electron chi connectivity index (χ4n) is 1.24. The Morgan fingerprint density at radius 1 is 1.17 bits per heavy atom. The maximum absolute atomic E-state index is 11.7. The van der Waals surface area contributed by atoms with Gasteiger partial charge in [0.2, 0.25) is 10.0 Å². The number of benzene rings is 1. The lowest BCUT2D eigenvalue weighted by Gasteiger charge is -2.11. The highest BCUT2D eigenvalue weighted by molar-refractivity contribution is 7.95.